The standard InChI is InChI=1S/C23H33NO3/c1-12-9-13-10-14(24-26)3-4-15(13)16-5-7-22(2)21(20(12)16)17-11-18(17)23(22)8-6-19(25)27-23/h10,12,14-18,20-21,24,26H,3-9,11H2,1-2H3. The zero-order valence-corrected chi connectivity index (χ0v) is 16.6. The van der Waals surface area contributed by atoms with Crippen molar-refractivity contribution in [3.8, 4) is 0 Å². The highest BCUT2D eigenvalue weighted by molar-refractivity contribution is 5.73. The van der Waals surface area contributed by atoms with Crippen LogP contribution in [0.4, 0.5) is 0 Å². The van der Waals surface area contributed by atoms with Gasteiger partial charge in [-0.2, -0.15) is 5.48 Å². The smallest absolute Gasteiger partial charge is 0.306 e. The number of hydroxylamine groups is 1. The van der Waals surface area contributed by atoms with Crippen molar-refractivity contribution in [2.24, 2.45) is 46.8 Å². The quantitative estimate of drug-likeness (QED) is 0.414. The Bertz CT molecular complexity index is 718. The van der Waals surface area contributed by atoms with Gasteiger partial charge in [0.15, 0.2) is 0 Å². The van der Waals surface area contributed by atoms with Crippen molar-refractivity contribution in [2.75, 3.05) is 0 Å². The van der Waals surface area contributed by atoms with E-state index < -0.39 is 0 Å². The molecule has 0 aromatic rings. The minimum Gasteiger partial charge on any atom is -0.458 e. The molecule has 0 aromatic heterocycles. The largest absolute Gasteiger partial charge is 0.458 e. The average Bonchev–Trinajstić information content (AvgIpc) is 3.30. The SMILES string of the molecule is CC1CC2=CC(NO)CCC2C2CCC3(C)C(C4CC4C34CCC(=O)O4)C12. The molecule has 1 saturated heterocycles. The summed E-state index contributed by atoms with van der Waals surface area (Å²) in [7, 11) is 0. The minimum absolute atomic E-state index is 0.0568. The molecule has 5 fully saturated rings. The molecule has 1 aliphatic heterocycles. The van der Waals surface area contributed by atoms with Gasteiger partial charge in [-0.05, 0) is 80.5 Å². The van der Waals surface area contributed by atoms with Crippen LogP contribution in [0.5, 0.6) is 0 Å². The summed E-state index contributed by atoms with van der Waals surface area (Å²) in [6.45, 7) is 4.96. The minimum atomic E-state index is -0.126. The van der Waals surface area contributed by atoms with Crippen LogP contribution >= 0.6 is 0 Å². The van der Waals surface area contributed by atoms with E-state index in [2.05, 4.69) is 25.4 Å². The van der Waals surface area contributed by atoms with Crippen LogP contribution in [0.25, 0.3) is 0 Å². The third kappa shape index (κ3) is 1.99. The van der Waals surface area contributed by atoms with Crippen LogP contribution < -0.4 is 5.48 Å². The van der Waals surface area contributed by atoms with E-state index in [9.17, 15) is 10.0 Å². The Balaban J connectivity index is 1.37. The maximum Gasteiger partial charge on any atom is 0.306 e. The van der Waals surface area contributed by atoms with Gasteiger partial charge in [0.05, 0.1) is 6.04 Å². The first-order valence-electron chi connectivity index (χ1n) is 11.3. The molecule has 2 N–H and O–H groups in total. The Morgan fingerprint density at radius 1 is 1.22 bits per heavy atom. The lowest BCUT2D eigenvalue weighted by Gasteiger charge is -2.59. The number of esters is 1. The molecule has 5 aliphatic carbocycles. The van der Waals surface area contributed by atoms with Crippen molar-refractivity contribution < 1.29 is 14.7 Å². The fourth-order valence-electron chi connectivity index (χ4n) is 9.17. The molecule has 148 valence electrons. The third-order valence-electron chi connectivity index (χ3n) is 10.1. The maximum atomic E-state index is 12.1. The van der Waals surface area contributed by atoms with Gasteiger partial charge < -0.3 is 9.94 Å². The van der Waals surface area contributed by atoms with Crippen LogP contribution in [-0.4, -0.2) is 22.8 Å². The molecule has 0 amide bonds. The topological polar surface area (TPSA) is 58.6 Å². The zero-order chi connectivity index (χ0) is 18.6. The van der Waals surface area contributed by atoms with E-state index in [1.54, 1.807) is 5.57 Å². The van der Waals surface area contributed by atoms with Crippen molar-refractivity contribution in [3.05, 3.63) is 11.6 Å². The Morgan fingerprint density at radius 2 is 2.07 bits per heavy atom. The summed E-state index contributed by atoms with van der Waals surface area (Å²) in [5.41, 5.74) is 4.18. The van der Waals surface area contributed by atoms with Gasteiger partial charge in [0.1, 0.15) is 5.60 Å². The predicted octanol–water partition coefficient (Wildman–Crippen LogP) is 4.08. The number of fused-ring (bicyclic) bond motifs is 9. The summed E-state index contributed by atoms with van der Waals surface area (Å²) in [6, 6.07) is 0.148. The van der Waals surface area contributed by atoms with Gasteiger partial charge in [-0.15, -0.1) is 0 Å². The summed E-state index contributed by atoms with van der Waals surface area (Å²) in [4.78, 5) is 12.1. The summed E-state index contributed by atoms with van der Waals surface area (Å²) in [5, 5.41) is 9.38. The number of rotatable bonds is 1. The fourth-order valence-corrected chi connectivity index (χ4v) is 9.17. The molecular weight excluding hydrogens is 338 g/mol. The Kier molecular flexibility index (Phi) is 3.40. The highest BCUT2D eigenvalue weighted by atomic mass is 16.6. The first kappa shape index (κ1) is 17.0. The second-order valence-corrected chi connectivity index (χ2v) is 10.9. The van der Waals surface area contributed by atoms with E-state index in [0.29, 0.717) is 18.3 Å². The van der Waals surface area contributed by atoms with Crippen molar-refractivity contribution >= 4 is 5.97 Å². The summed E-state index contributed by atoms with van der Waals surface area (Å²) >= 11 is 0. The molecule has 1 spiro atoms. The molecular formula is C23H33NO3. The molecule has 0 bridgehead atoms. The normalized spacial score (nSPS) is 58.0. The number of hydrogen-bond acceptors (Lipinski definition) is 4. The molecule has 0 aromatic carbocycles. The van der Waals surface area contributed by atoms with E-state index in [-0.39, 0.29) is 23.0 Å². The van der Waals surface area contributed by atoms with Crippen molar-refractivity contribution in [1.82, 2.24) is 5.48 Å². The van der Waals surface area contributed by atoms with Crippen molar-refractivity contribution in [1.29, 1.82) is 0 Å². The van der Waals surface area contributed by atoms with Crippen LogP contribution in [0, 0.1) is 46.8 Å². The van der Waals surface area contributed by atoms with Crippen molar-refractivity contribution in [2.45, 2.75) is 76.9 Å². The van der Waals surface area contributed by atoms with Gasteiger partial charge in [0, 0.05) is 17.8 Å². The molecule has 4 nitrogen and oxygen atoms in total. The van der Waals surface area contributed by atoms with Gasteiger partial charge in [0.25, 0.3) is 0 Å². The molecule has 6 aliphatic rings. The second-order valence-electron chi connectivity index (χ2n) is 10.9. The monoisotopic (exact) mass is 371 g/mol. The third-order valence-corrected chi connectivity index (χ3v) is 10.1. The van der Waals surface area contributed by atoms with E-state index in [0.717, 1.165) is 42.4 Å². The number of allylic oxidation sites excluding steroid dienone is 1. The Labute approximate surface area is 162 Å². The molecule has 10 atom stereocenters. The summed E-state index contributed by atoms with van der Waals surface area (Å²) < 4.78 is 6.20. The number of carbonyl (C=O) groups excluding carboxylic acids is 1. The molecule has 10 unspecified atom stereocenters. The number of carbonyl (C=O) groups is 1. The first-order valence-corrected chi connectivity index (χ1v) is 11.3. The van der Waals surface area contributed by atoms with Gasteiger partial charge in [-0.25, -0.2) is 0 Å². The van der Waals surface area contributed by atoms with Crippen LogP contribution in [-0.2, 0) is 9.53 Å². The van der Waals surface area contributed by atoms with Gasteiger partial charge in [-0.1, -0.05) is 25.5 Å². The highest BCUT2D eigenvalue weighted by Crippen LogP contribution is 2.78. The lowest BCUT2D eigenvalue weighted by atomic mass is 9.47. The number of hydrogen-bond donors (Lipinski definition) is 2. The molecule has 4 saturated carbocycles. The molecule has 27 heavy (non-hydrogen) atoms. The fraction of sp³-hybridized carbons (Fsp3) is 0.870. The van der Waals surface area contributed by atoms with Crippen LogP contribution in [0.1, 0.15) is 65.2 Å². The van der Waals surface area contributed by atoms with E-state index >= 15 is 0 Å². The van der Waals surface area contributed by atoms with Crippen LogP contribution in [0.3, 0.4) is 0 Å². The lowest BCUT2D eigenvalue weighted by molar-refractivity contribution is -0.176. The highest BCUT2D eigenvalue weighted by Gasteiger charge is 2.78. The van der Waals surface area contributed by atoms with Gasteiger partial charge in [0.2, 0.25) is 0 Å². The maximum absolute atomic E-state index is 12.1. The molecule has 1 heterocycles. The number of nitrogens with one attached hydrogen (secondary N) is 1. The lowest BCUT2D eigenvalue weighted by Crippen LogP contribution is -2.56. The molecule has 6 rings (SSSR count). The van der Waals surface area contributed by atoms with Gasteiger partial charge >= 0.3 is 5.97 Å². The van der Waals surface area contributed by atoms with E-state index in [1.807, 2.05) is 0 Å². The van der Waals surface area contributed by atoms with Gasteiger partial charge in [-0.3, -0.25) is 4.79 Å². The second kappa shape index (κ2) is 5.38. The first-order chi connectivity index (χ1) is 13.0. The zero-order valence-electron chi connectivity index (χ0n) is 16.6. The van der Waals surface area contributed by atoms with E-state index in [4.69, 9.17) is 4.74 Å². The van der Waals surface area contributed by atoms with Crippen LogP contribution in [0.15, 0.2) is 11.6 Å². The average molecular weight is 372 g/mol. The number of ether oxygens (including phenoxy) is 1. The summed E-state index contributed by atoms with van der Waals surface area (Å²) in [5.74, 6) is 5.27. The summed E-state index contributed by atoms with van der Waals surface area (Å²) in [6.07, 6.45) is 11.2. The predicted molar refractivity (Wildman–Crippen MR) is 101 cm³/mol. The molecule has 4 heteroatoms. The Hall–Kier alpha value is -0.870. The van der Waals surface area contributed by atoms with Crippen molar-refractivity contribution in [3.63, 3.8) is 0 Å². The Morgan fingerprint density at radius 3 is 2.81 bits per heavy atom. The van der Waals surface area contributed by atoms with E-state index in [1.165, 1.54) is 32.1 Å². The van der Waals surface area contributed by atoms with Crippen LogP contribution in [0.2, 0.25) is 0 Å². The molecule has 0 radical (unpaired) electrons.